The van der Waals surface area contributed by atoms with Crippen LogP contribution in [0, 0.1) is 10.1 Å². The number of allylic oxidation sites excluding steroid dienone is 4. The first-order valence-corrected chi connectivity index (χ1v) is 9.31. The highest BCUT2D eigenvalue weighted by molar-refractivity contribution is 7.84. The quantitative estimate of drug-likeness (QED) is 0.624. The first kappa shape index (κ1) is 18.9. The molecule has 0 aliphatic carbocycles. The summed E-state index contributed by atoms with van der Waals surface area (Å²) in [5, 5.41) is 14.5. The fourth-order valence-electron chi connectivity index (χ4n) is 3.33. The summed E-state index contributed by atoms with van der Waals surface area (Å²) >= 11 is -1.71. The Labute approximate surface area is 159 Å². The van der Waals surface area contributed by atoms with Gasteiger partial charge in [-0.05, 0) is 36.6 Å². The highest BCUT2D eigenvalue weighted by Crippen LogP contribution is 2.44. The van der Waals surface area contributed by atoms with Crippen LogP contribution in [0.5, 0.6) is 0 Å². The molecular weight excluding hydrogens is 366 g/mol. The largest absolute Gasteiger partial charge is 0.362 e. The van der Waals surface area contributed by atoms with Gasteiger partial charge in [0, 0.05) is 41.8 Å². The second kappa shape index (κ2) is 7.81. The topological polar surface area (TPSA) is 94.4 Å². The Morgan fingerprint density at radius 1 is 1.22 bits per heavy atom. The van der Waals surface area contributed by atoms with Gasteiger partial charge in [-0.25, -0.2) is 4.21 Å². The molecule has 2 unspecified atom stereocenters. The molecule has 1 aromatic carbocycles. The second-order valence-corrected chi connectivity index (χ2v) is 7.32. The Balaban J connectivity index is 2.26. The van der Waals surface area contributed by atoms with Crippen molar-refractivity contribution in [3.8, 4) is 0 Å². The van der Waals surface area contributed by atoms with E-state index in [-0.39, 0.29) is 5.69 Å². The molecule has 1 N–H and O–H groups in total. The van der Waals surface area contributed by atoms with Gasteiger partial charge in [0.1, 0.15) is 0 Å². The van der Waals surface area contributed by atoms with Gasteiger partial charge in [-0.2, -0.15) is 0 Å². The van der Waals surface area contributed by atoms with Crippen LogP contribution < -0.4 is 5.32 Å². The lowest BCUT2D eigenvalue weighted by atomic mass is 9.83. The van der Waals surface area contributed by atoms with Gasteiger partial charge < -0.3 is 5.32 Å². The van der Waals surface area contributed by atoms with E-state index in [1.54, 1.807) is 24.5 Å². The normalized spacial score (nSPS) is 18.3. The van der Waals surface area contributed by atoms with Gasteiger partial charge in [0.2, 0.25) is 0 Å². The highest BCUT2D eigenvalue weighted by Gasteiger charge is 2.34. The van der Waals surface area contributed by atoms with E-state index in [1.807, 2.05) is 26.0 Å². The van der Waals surface area contributed by atoms with Crippen molar-refractivity contribution in [2.75, 3.05) is 7.11 Å². The molecular formula is C19H19N3O4S. The molecule has 8 heteroatoms. The Kier molecular flexibility index (Phi) is 5.48. The maximum absolute atomic E-state index is 12.7. The number of nitro groups is 1. The summed E-state index contributed by atoms with van der Waals surface area (Å²) in [5.74, 6) is -0.462. The predicted octanol–water partition coefficient (Wildman–Crippen LogP) is 3.65. The molecule has 2 aromatic rings. The van der Waals surface area contributed by atoms with Crippen molar-refractivity contribution in [3.63, 3.8) is 0 Å². The molecule has 0 spiro atoms. The third-order valence-corrected chi connectivity index (χ3v) is 5.62. The van der Waals surface area contributed by atoms with Crippen LogP contribution in [0.15, 0.2) is 65.1 Å². The summed E-state index contributed by atoms with van der Waals surface area (Å²) < 4.78 is 17.8. The number of nitrogens with one attached hydrogen (secondary N) is 1. The Morgan fingerprint density at radius 2 is 2.00 bits per heavy atom. The highest BCUT2D eigenvalue weighted by atomic mass is 32.2. The summed E-state index contributed by atoms with van der Waals surface area (Å²) in [6, 6.07) is 10.1. The average molecular weight is 385 g/mol. The summed E-state index contributed by atoms with van der Waals surface area (Å²) in [6.07, 6.45) is 3.40. The molecule has 1 aliphatic rings. The summed E-state index contributed by atoms with van der Waals surface area (Å²) in [7, 11) is 1.37. The van der Waals surface area contributed by atoms with Crippen LogP contribution in [0.4, 0.5) is 5.69 Å². The van der Waals surface area contributed by atoms with Gasteiger partial charge in [0.05, 0.1) is 16.9 Å². The van der Waals surface area contributed by atoms with Gasteiger partial charge in [-0.15, -0.1) is 0 Å². The van der Waals surface area contributed by atoms with E-state index in [0.29, 0.717) is 16.2 Å². The maximum atomic E-state index is 12.7. The molecule has 1 aromatic heterocycles. The number of nitrogens with zero attached hydrogens (tertiary/aromatic N) is 2. The molecule has 0 saturated carbocycles. The van der Waals surface area contributed by atoms with Crippen LogP contribution in [-0.2, 0) is 15.3 Å². The number of non-ortho nitro benzene ring substituents is 1. The van der Waals surface area contributed by atoms with E-state index in [4.69, 9.17) is 4.18 Å². The summed E-state index contributed by atoms with van der Waals surface area (Å²) in [6.45, 7) is 3.74. The Hall–Kier alpha value is -2.84. The van der Waals surface area contributed by atoms with Gasteiger partial charge >= 0.3 is 0 Å². The number of aromatic nitrogens is 1. The zero-order valence-corrected chi connectivity index (χ0v) is 15.9. The molecule has 0 saturated heterocycles. The lowest BCUT2D eigenvalue weighted by Crippen LogP contribution is -2.26. The molecule has 2 heterocycles. The fraction of sp³-hybridized carbons (Fsp3) is 0.211. The van der Waals surface area contributed by atoms with Crippen molar-refractivity contribution in [1.82, 2.24) is 10.3 Å². The average Bonchev–Trinajstić information content (AvgIpc) is 2.67. The summed E-state index contributed by atoms with van der Waals surface area (Å²) in [5.41, 5.74) is 3.93. The molecule has 3 rings (SSSR count). The molecule has 140 valence electrons. The van der Waals surface area contributed by atoms with E-state index >= 15 is 0 Å². The number of nitro benzene ring substituents is 1. The molecule has 0 amide bonds. The van der Waals surface area contributed by atoms with Crippen molar-refractivity contribution < 1.29 is 13.3 Å². The van der Waals surface area contributed by atoms with E-state index in [2.05, 4.69) is 10.3 Å². The van der Waals surface area contributed by atoms with Gasteiger partial charge in [0.15, 0.2) is 11.1 Å². The smallest absolute Gasteiger partial charge is 0.269 e. The zero-order valence-electron chi connectivity index (χ0n) is 15.1. The SMILES string of the molecule is COS(=O)C1=C(C)NC(C)=C(c2cccnc2)C1c1cccc([N+](=O)[O-])c1. The van der Waals surface area contributed by atoms with E-state index in [1.165, 1.54) is 19.2 Å². The minimum absolute atomic E-state index is 0.0191. The number of dihydropyridines is 1. The standard InChI is InChI=1S/C19H19N3O4S/c1-12-17(15-7-5-9-20-11-15)18(19(13(2)21-12)27(25)26-3)14-6-4-8-16(10-14)22(23)24/h4-11,18,21H,1-3H3. The van der Waals surface area contributed by atoms with Crippen molar-refractivity contribution >= 4 is 22.3 Å². The lowest BCUT2D eigenvalue weighted by molar-refractivity contribution is -0.384. The third kappa shape index (κ3) is 3.67. The second-order valence-electron chi connectivity index (χ2n) is 6.08. The Morgan fingerprint density at radius 3 is 2.63 bits per heavy atom. The minimum Gasteiger partial charge on any atom is -0.362 e. The van der Waals surface area contributed by atoms with E-state index in [0.717, 1.165) is 16.8 Å². The molecule has 2 atom stereocenters. The minimum atomic E-state index is -1.71. The predicted molar refractivity (Wildman–Crippen MR) is 104 cm³/mol. The number of rotatable bonds is 5. The van der Waals surface area contributed by atoms with Crippen LogP contribution in [0.3, 0.4) is 0 Å². The number of benzene rings is 1. The first-order valence-electron chi connectivity index (χ1n) is 8.23. The van der Waals surface area contributed by atoms with Crippen LogP contribution in [-0.4, -0.2) is 21.2 Å². The van der Waals surface area contributed by atoms with Crippen molar-refractivity contribution in [3.05, 3.63) is 86.3 Å². The van der Waals surface area contributed by atoms with Crippen LogP contribution in [0.25, 0.3) is 5.57 Å². The van der Waals surface area contributed by atoms with E-state index in [9.17, 15) is 14.3 Å². The number of hydrogen-bond acceptors (Lipinski definition) is 6. The van der Waals surface area contributed by atoms with Crippen molar-refractivity contribution in [2.45, 2.75) is 19.8 Å². The molecule has 1 aliphatic heterocycles. The van der Waals surface area contributed by atoms with Crippen molar-refractivity contribution in [2.24, 2.45) is 0 Å². The van der Waals surface area contributed by atoms with Gasteiger partial charge in [-0.3, -0.25) is 19.3 Å². The Bertz CT molecular complexity index is 970. The monoisotopic (exact) mass is 385 g/mol. The van der Waals surface area contributed by atoms with E-state index < -0.39 is 21.9 Å². The summed E-state index contributed by atoms with van der Waals surface area (Å²) in [4.78, 5) is 15.5. The number of pyridine rings is 1. The van der Waals surface area contributed by atoms with Crippen molar-refractivity contribution in [1.29, 1.82) is 0 Å². The van der Waals surface area contributed by atoms with Crippen LogP contribution in [0.1, 0.15) is 30.9 Å². The molecule has 0 bridgehead atoms. The molecule has 0 fully saturated rings. The molecule has 27 heavy (non-hydrogen) atoms. The fourth-order valence-corrected chi connectivity index (χ4v) is 4.25. The molecule has 0 radical (unpaired) electrons. The zero-order chi connectivity index (χ0) is 19.6. The molecule has 7 nitrogen and oxygen atoms in total. The third-order valence-electron chi connectivity index (χ3n) is 4.42. The number of hydrogen-bond donors (Lipinski definition) is 1. The van der Waals surface area contributed by atoms with Crippen LogP contribution >= 0.6 is 0 Å². The van der Waals surface area contributed by atoms with Gasteiger partial charge in [-0.1, -0.05) is 18.2 Å². The first-order chi connectivity index (χ1) is 12.9. The maximum Gasteiger partial charge on any atom is 0.269 e. The van der Waals surface area contributed by atoms with Gasteiger partial charge in [0.25, 0.3) is 5.69 Å². The lowest BCUT2D eigenvalue weighted by Gasteiger charge is -2.31. The van der Waals surface area contributed by atoms with Crippen LogP contribution in [0.2, 0.25) is 0 Å².